The molecule has 68 valence electrons. The summed E-state index contributed by atoms with van der Waals surface area (Å²) in [6.07, 6.45) is 0. The lowest BCUT2D eigenvalue weighted by Crippen LogP contribution is -2.23. The highest BCUT2D eigenvalue weighted by atomic mass is 32.1. The van der Waals surface area contributed by atoms with Crippen molar-refractivity contribution >= 4 is 29.4 Å². The SMILES string of the molecule is CC(=O)ON(C=S)c1ccccc1. The number of carbonyl (C=O) groups is 1. The van der Waals surface area contributed by atoms with Crippen molar-refractivity contribution in [2.45, 2.75) is 6.92 Å². The minimum absolute atomic E-state index is 0.398. The molecule has 0 N–H and O–H groups in total. The average molecular weight is 195 g/mol. The van der Waals surface area contributed by atoms with Crippen molar-refractivity contribution in [2.75, 3.05) is 5.06 Å². The molecule has 0 heterocycles. The average Bonchev–Trinajstić information content (AvgIpc) is 2.15. The molecule has 1 rings (SSSR count). The molecular weight excluding hydrogens is 186 g/mol. The first-order valence-electron chi connectivity index (χ1n) is 3.72. The van der Waals surface area contributed by atoms with E-state index in [1.165, 1.54) is 17.5 Å². The summed E-state index contributed by atoms with van der Waals surface area (Å²) in [6.45, 7) is 1.33. The number of thiocarbonyl (C=S) groups is 1. The van der Waals surface area contributed by atoms with Crippen molar-refractivity contribution in [1.29, 1.82) is 0 Å². The lowest BCUT2D eigenvalue weighted by atomic mass is 10.3. The third-order valence-electron chi connectivity index (χ3n) is 1.33. The van der Waals surface area contributed by atoms with E-state index in [-0.39, 0.29) is 0 Å². The quantitative estimate of drug-likeness (QED) is 0.544. The largest absolute Gasteiger partial charge is 0.336 e. The molecule has 0 bridgehead atoms. The van der Waals surface area contributed by atoms with E-state index in [2.05, 4.69) is 0 Å². The summed E-state index contributed by atoms with van der Waals surface area (Å²) in [4.78, 5) is 15.5. The van der Waals surface area contributed by atoms with Crippen LogP contribution < -0.4 is 5.06 Å². The number of hydrogen-bond donors (Lipinski definition) is 0. The van der Waals surface area contributed by atoms with Gasteiger partial charge in [0.2, 0.25) is 0 Å². The summed E-state index contributed by atoms with van der Waals surface area (Å²) in [6, 6.07) is 9.14. The second kappa shape index (κ2) is 4.57. The highest BCUT2D eigenvalue weighted by molar-refractivity contribution is 7.79. The minimum atomic E-state index is -0.398. The fraction of sp³-hybridized carbons (Fsp3) is 0.111. The van der Waals surface area contributed by atoms with Crippen LogP contribution in [0, 0.1) is 0 Å². The van der Waals surface area contributed by atoms with Crippen LogP contribution in [0.4, 0.5) is 5.69 Å². The van der Waals surface area contributed by atoms with Gasteiger partial charge in [0.1, 0.15) is 5.49 Å². The van der Waals surface area contributed by atoms with Crippen molar-refractivity contribution in [3.05, 3.63) is 30.3 Å². The number of rotatable bonds is 3. The van der Waals surface area contributed by atoms with Gasteiger partial charge in [-0.1, -0.05) is 30.4 Å². The number of nitrogens with zero attached hydrogens (tertiary/aromatic N) is 1. The lowest BCUT2D eigenvalue weighted by molar-refractivity contribution is -0.140. The van der Waals surface area contributed by atoms with Crippen LogP contribution in [0.3, 0.4) is 0 Å². The smallest absolute Gasteiger partial charge is 0.329 e. The Labute approximate surface area is 81.9 Å². The van der Waals surface area contributed by atoms with Crippen LogP contribution in [0.5, 0.6) is 0 Å². The van der Waals surface area contributed by atoms with E-state index < -0.39 is 5.97 Å². The third-order valence-corrected chi connectivity index (χ3v) is 1.52. The molecule has 3 nitrogen and oxygen atoms in total. The molecule has 0 spiro atoms. The molecule has 0 atom stereocenters. The van der Waals surface area contributed by atoms with E-state index in [9.17, 15) is 4.79 Å². The van der Waals surface area contributed by atoms with Gasteiger partial charge in [-0.3, -0.25) is 0 Å². The van der Waals surface area contributed by atoms with Gasteiger partial charge in [-0.15, -0.1) is 0 Å². The normalized spacial score (nSPS) is 9.00. The van der Waals surface area contributed by atoms with Crippen molar-refractivity contribution in [3.63, 3.8) is 0 Å². The zero-order valence-electron chi connectivity index (χ0n) is 7.14. The summed E-state index contributed by atoms with van der Waals surface area (Å²) >= 11 is 4.70. The molecule has 13 heavy (non-hydrogen) atoms. The van der Waals surface area contributed by atoms with Crippen molar-refractivity contribution in [3.8, 4) is 0 Å². The van der Waals surface area contributed by atoms with E-state index >= 15 is 0 Å². The first-order chi connectivity index (χ1) is 6.24. The second-order valence-corrected chi connectivity index (χ2v) is 2.56. The molecule has 0 aromatic heterocycles. The van der Waals surface area contributed by atoms with Gasteiger partial charge < -0.3 is 4.84 Å². The van der Waals surface area contributed by atoms with E-state index in [0.29, 0.717) is 0 Å². The fourth-order valence-electron chi connectivity index (χ4n) is 0.848. The molecule has 0 aliphatic heterocycles. The van der Waals surface area contributed by atoms with E-state index in [1.807, 2.05) is 18.2 Å². The van der Waals surface area contributed by atoms with Crippen LogP contribution in [0.25, 0.3) is 0 Å². The highest BCUT2D eigenvalue weighted by Gasteiger charge is 2.04. The van der Waals surface area contributed by atoms with Gasteiger partial charge in [0.05, 0.1) is 5.69 Å². The summed E-state index contributed by atoms with van der Waals surface area (Å²) in [5, 5.41) is 1.25. The fourth-order valence-corrected chi connectivity index (χ4v) is 1.01. The Hall–Kier alpha value is -1.42. The van der Waals surface area contributed by atoms with Gasteiger partial charge in [-0.2, -0.15) is 5.06 Å². The van der Waals surface area contributed by atoms with Crippen LogP contribution in [0.2, 0.25) is 0 Å². The predicted octanol–water partition coefficient (Wildman–Crippen LogP) is 1.93. The molecule has 0 radical (unpaired) electrons. The van der Waals surface area contributed by atoms with Gasteiger partial charge in [-0.25, -0.2) is 4.79 Å². The Kier molecular flexibility index (Phi) is 3.40. The standard InChI is InChI=1S/C9H9NO2S/c1-8(11)12-10(7-13)9-5-3-2-4-6-9/h2-7H,1H3. The van der Waals surface area contributed by atoms with E-state index in [1.54, 1.807) is 12.1 Å². The lowest BCUT2D eigenvalue weighted by Gasteiger charge is -2.16. The van der Waals surface area contributed by atoms with Crippen LogP contribution in [0.15, 0.2) is 30.3 Å². The summed E-state index contributed by atoms with van der Waals surface area (Å²) in [5.74, 6) is -0.398. The third kappa shape index (κ3) is 2.83. The number of carbonyl (C=O) groups excluding carboxylic acids is 1. The van der Waals surface area contributed by atoms with E-state index in [0.717, 1.165) is 5.69 Å². The monoisotopic (exact) mass is 195 g/mol. The molecule has 4 heteroatoms. The van der Waals surface area contributed by atoms with Crippen LogP contribution in [-0.4, -0.2) is 11.5 Å². The van der Waals surface area contributed by atoms with Crippen molar-refractivity contribution < 1.29 is 9.63 Å². The maximum absolute atomic E-state index is 10.7. The van der Waals surface area contributed by atoms with Crippen molar-refractivity contribution in [1.82, 2.24) is 0 Å². The Balaban J connectivity index is 2.78. The van der Waals surface area contributed by atoms with Gasteiger partial charge in [0.25, 0.3) is 0 Å². The molecule has 0 aliphatic rings. The molecule has 0 unspecified atom stereocenters. The van der Waals surface area contributed by atoms with Gasteiger partial charge >= 0.3 is 5.97 Å². The maximum atomic E-state index is 10.7. The Morgan fingerprint density at radius 2 is 2.08 bits per heavy atom. The van der Waals surface area contributed by atoms with Gasteiger partial charge in [0, 0.05) is 6.92 Å². The Morgan fingerprint density at radius 3 is 2.54 bits per heavy atom. The Morgan fingerprint density at radius 1 is 1.46 bits per heavy atom. The number of hydrogen-bond acceptors (Lipinski definition) is 3. The van der Waals surface area contributed by atoms with E-state index in [4.69, 9.17) is 17.1 Å². The summed E-state index contributed by atoms with van der Waals surface area (Å²) in [7, 11) is 0. The topological polar surface area (TPSA) is 29.5 Å². The second-order valence-electron chi connectivity index (χ2n) is 2.35. The molecule has 0 amide bonds. The van der Waals surface area contributed by atoms with Gasteiger partial charge in [-0.05, 0) is 12.1 Å². The highest BCUT2D eigenvalue weighted by Crippen LogP contribution is 2.11. The summed E-state index contributed by atoms with van der Waals surface area (Å²) in [5.41, 5.74) is 2.00. The van der Waals surface area contributed by atoms with Crippen LogP contribution in [-0.2, 0) is 9.63 Å². The molecule has 0 fully saturated rings. The predicted molar refractivity (Wildman–Crippen MR) is 54.3 cm³/mol. The number of hydroxylamine groups is 1. The molecule has 1 aromatic carbocycles. The number of anilines is 1. The minimum Gasteiger partial charge on any atom is -0.336 e. The first-order valence-corrected chi connectivity index (χ1v) is 4.19. The molecule has 1 aromatic rings. The molecule has 0 saturated heterocycles. The number of para-hydroxylation sites is 1. The zero-order chi connectivity index (χ0) is 9.68. The summed E-state index contributed by atoms with van der Waals surface area (Å²) < 4.78 is 0. The molecule has 0 saturated carbocycles. The van der Waals surface area contributed by atoms with Crippen molar-refractivity contribution in [2.24, 2.45) is 0 Å². The van der Waals surface area contributed by atoms with Crippen LogP contribution in [0.1, 0.15) is 6.92 Å². The maximum Gasteiger partial charge on any atom is 0.329 e. The Bertz CT molecular complexity index is 300. The molecular formula is C9H9NO2S. The molecule has 0 aliphatic carbocycles. The van der Waals surface area contributed by atoms with Gasteiger partial charge in [0.15, 0.2) is 0 Å². The van der Waals surface area contributed by atoms with Crippen LogP contribution >= 0.6 is 12.2 Å². The zero-order valence-corrected chi connectivity index (χ0v) is 7.95. The first kappa shape index (κ1) is 9.67. The number of benzene rings is 1.